The molecule has 2 unspecified atom stereocenters. The second-order valence-electron chi connectivity index (χ2n) is 4.70. The normalized spacial score (nSPS) is 13.6. The van der Waals surface area contributed by atoms with Gasteiger partial charge in [-0.25, -0.2) is 4.39 Å². The highest BCUT2D eigenvalue weighted by molar-refractivity contribution is 5.79. The molecule has 2 N–H and O–H groups in total. The van der Waals surface area contributed by atoms with Crippen LogP contribution in [-0.2, 0) is 16.0 Å². The minimum Gasteiger partial charge on any atom is -0.481 e. The molecule has 0 spiro atoms. The third-order valence-corrected chi connectivity index (χ3v) is 2.80. The Morgan fingerprint density at radius 2 is 1.95 bits per heavy atom. The maximum Gasteiger partial charge on any atom is 0.305 e. The monoisotopic (exact) mass is 267 g/mol. The molecule has 4 nitrogen and oxygen atoms in total. The molecule has 0 aliphatic rings. The topological polar surface area (TPSA) is 66.4 Å². The molecular weight excluding hydrogens is 249 g/mol. The number of hydrogen-bond acceptors (Lipinski definition) is 2. The Morgan fingerprint density at radius 1 is 1.32 bits per heavy atom. The molecule has 0 fully saturated rings. The van der Waals surface area contributed by atoms with Gasteiger partial charge < -0.3 is 10.4 Å². The fourth-order valence-electron chi connectivity index (χ4n) is 1.78. The van der Waals surface area contributed by atoms with Crippen LogP contribution in [0.3, 0.4) is 0 Å². The van der Waals surface area contributed by atoms with Gasteiger partial charge in [0.05, 0.1) is 6.42 Å². The van der Waals surface area contributed by atoms with Crippen molar-refractivity contribution < 1.29 is 19.1 Å². The molecule has 1 aromatic rings. The highest BCUT2D eigenvalue weighted by Gasteiger charge is 2.18. The summed E-state index contributed by atoms with van der Waals surface area (Å²) in [7, 11) is 0. The third kappa shape index (κ3) is 5.07. The number of amides is 1. The second kappa shape index (κ2) is 6.87. The van der Waals surface area contributed by atoms with Gasteiger partial charge in [-0.05, 0) is 25.0 Å². The lowest BCUT2D eigenvalue weighted by molar-refractivity contribution is -0.137. The van der Waals surface area contributed by atoms with E-state index in [1.54, 1.807) is 32.0 Å². The second-order valence-corrected chi connectivity index (χ2v) is 4.70. The zero-order chi connectivity index (χ0) is 14.4. The smallest absolute Gasteiger partial charge is 0.305 e. The third-order valence-electron chi connectivity index (χ3n) is 2.80. The molecular formula is C14H18FNO3. The summed E-state index contributed by atoms with van der Waals surface area (Å²) < 4.78 is 13.4. The summed E-state index contributed by atoms with van der Waals surface area (Å²) in [5.74, 6) is -1.97. The number of carbonyl (C=O) groups excluding carboxylic acids is 1. The quantitative estimate of drug-likeness (QED) is 0.828. The zero-order valence-electron chi connectivity index (χ0n) is 11.0. The van der Waals surface area contributed by atoms with Gasteiger partial charge in [0.2, 0.25) is 5.91 Å². The van der Waals surface area contributed by atoms with E-state index in [2.05, 4.69) is 5.32 Å². The van der Waals surface area contributed by atoms with Crippen molar-refractivity contribution in [3.8, 4) is 0 Å². The summed E-state index contributed by atoms with van der Waals surface area (Å²) in [4.78, 5) is 22.3. The number of benzene rings is 1. The molecule has 5 heteroatoms. The van der Waals surface area contributed by atoms with Gasteiger partial charge in [0.15, 0.2) is 0 Å². The first kappa shape index (κ1) is 15.1. The van der Waals surface area contributed by atoms with Gasteiger partial charge >= 0.3 is 5.97 Å². The van der Waals surface area contributed by atoms with Crippen LogP contribution in [0.15, 0.2) is 24.3 Å². The molecule has 0 saturated carbocycles. The van der Waals surface area contributed by atoms with Crippen LogP contribution in [0.25, 0.3) is 0 Å². The first-order valence-electron chi connectivity index (χ1n) is 6.15. The number of aliphatic carboxylic acids is 1. The molecule has 104 valence electrons. The molecule has 0 aliphatic carbocycles. The maximum atomic E-state index is 13.4. The first-order valence-corrected chi connectivity index (χ1v) is 6.15. The van der Waals surface area contributed by atoms with E-state index in [4.69, 9.17) is 5.11 Å². The zero-order valence-corrected chi connectivity index (χ0v) is 11.0. The van der Waals surface area contributed by atoms with E-state index >= 15 is 0 Å². The van der Waals surface area contributed by atoms with Crippen LogP contribution in [0.5, 0.6) is 0 Å². The van der Waals surface area contributed by atoms with E-state index in [9.17, 15) is 14.0 Å². The molecule has 19 heavy (non-hydrogen) atoms. The van der Waals surface area contributed by atoms with Gasteiger partial charge in [0.1, 0.15) is 5.82 Å². The van der Waals surface area contributed by atoms with Gasteiger partial charge in [-0.2, -0.15) is 0 Å². The van der Waals surface area contributed by atoms with Crippen LogP contribution in [0.4, 0.5) is 4.39 Å². The van der Waals surface area contributed by atoms with E-state index < -0.39 is 17.9 Å². The van der Waals surface area contributed by atoms with Crippen molar-refractivity contribution in [1.82, 2.24) is 5.32 Å². The Bertz CT molecular complexity index is 462. The highest BCUT2D eigenvalue weighted by atomic mass is 19.1. The molecule has 0 bridgehead atoms. The molecule has 0 saturated heterocycles. The van der Waals surface area contributed by atoms with Crippen LogP contribution in [0.2, 0.25) is 0 Å². The number of nitrogens with one attached hydrogen (secondary N) is 1. The summed E-state index contributed by atoms with van der Waals surface area (Å²) >= 11 is 0. The predicted octanol–water partition coefficient (Wildman–Crippen LogP) is 1.98. The SMILES string of the molecule is CC(CC(=O)O)NC(=O)C(C)Cc1ccccc1F. The number of halogens is 1. The lowest BCUT2D eigenvalue weighted by Crippen LogP contribution is -2.38. The Labute approximate surface area is 111 Å². The molecule has 0 heterocycles. The minimum absolute atomic E-state index is 0.127. The summed E-state index contributed by atoms with van der Waals surface area (Å²) in [6.45, 7) is 3.32. The Kier molecular flexibility index (Phi) is 5.48. The van der Waals surface area contributed by atoms with E-state index in [-0.39, 0.29) is 24.6 Å². The van der Waals surface area contributed by atoms with Crippen molar-refractivity contribution in [2.75, 3.05) is 0 Å². The number of rotatable bonds is 6. The average Bonchev–Trinajstić information content (AvgIpc) is 2.30. The van der Waals surface area contributed by atoms with Gasteiger partial charge in [-0.1, -0.05) is 25.1 Å². The average molecular weight is 267 g/mol. The van der Waals surface area contributed by atoms with Gasteiger partial charge in [0, 0.05) is 12.0 Å². The van der Waals surface area contributed by atoms with Gasteiger partial charge in [-0.3, -0.25) is 9.59 Å². The van der Waals surface area contributed by atoms with Gasteiger partial charge in [0.25, 0.3) is 0 Å². The van der Waals surface area contributed by atoms with Gasteiger partial charge in [-0.15, -0.1) is 0 Å². The fraction of sp³-hybridized carbons (Fsp3) is 0.429. The van der Waals surface area contributed by atoms with E-state index in [1.165, 1.54) is 6.07 Å². The summed E-state index contributed by atoms with van der Waals surface area (Å²) in [6.07, 6.45) is 0.163. The first-order chi connectivity index (χ1) is 8.90. The number of carboxylic acids is 1. The van der Waals surface area contributed by atoms with Crippen molar-refractivity contribution >= 4 is 11.9 Å². The largest absolute Gasteiger partial charge is 0.481 e. The van der Waals surface area contributed by atoms with Crippen LogP contribution in [0, 0.1) is 11.7 Å². The maximum absolute atomic E-state index is 13.4. The summed E-state index contributed by atoms with van der Waals surface area (Å²) in [5, 5.41) is 11.2. The van der Waals surface area contributed by atoms with Crippen molar-refractivity contribution in [2.24, 2.45) is 5.92 Å². The molecule has 1 amide bonds. The molecule has 0 radical (unpaired) electrons. The lowest BCUT2D eigenvalue weighted by atomic mass is 9.99. The van der Waals surface area contributed by atoms with Crippen molar-refractivity contribution in [3.63, 3.8) is 0 Å². The Balaban J connectivity index is 2.54. The van der Waals surface area contributed by atoms with Crippen molar-refractivity contribution in [1.29, 1.82) is 0 Å². The van der Waals surface area contributed by atoms with Crippen LogP contribution in [0.1, 0.15) is 25.8 Å². The van der Waals surface area contributed by atoms with E-state index in [0.29, 0.717) is 5.56 Å². The Morgan fingerprint density at radius 3 is 2.53 bits per heavy atom. The summed E-state index contributed by atoms with van der Waals surface area (Å²) in [5.41, 5.74) is 0.482. The summed E-state index contributed by atoms with van der Waals surface area (Å²) in [6, 6.07) is 5.87. The standard InChI is InChI=1S/C14H18FNO3/c1-9(7-11-5-3-4-6-12(11)15)14(19)16-10(2)8-13(17)18/h3-6,9-10H,7-8H2,1-2H3,(H,16,19)(H,17,18). The minimum atomic E-state index is -0.963. The predicted molar refractivity (Wildman–Crippen MR) is 69.1 cm³/mol. The number of hydrogen-bond donors (Lipinski definition) is 2. The molecule has 0 aliphatic heterocycles. The molecule has 0 aromatic heterocycles. The van der Waals surface area contributed by atoms with Crippen LogP contribution >= 0.6 is 0 Å². The Hall–Kier alpha value is -1.91. The van der Waals surface area contributed by atoms with Crippen molar-refractivity contribution in [2.45, 2.75) is 32.7 Å². The van der Waals surface area contributed by atoms with Crippen LogP contribution in [-0.4, -0.2) is 23.0 Å². The van der Waals surface area contributed by atoms with Crippen LogP contribution < -0.4 is 5.32 Å². The van der Waals surface area contributed by atoms with Crippen molar-refractivity contribution in [3.05, 3.63) is 35.6 Å². The molecule has 2 atom stereocenters. The molecule has 1 rings (SSSR count). The molecule has 1 aromatic carbocycles. The van der Waals surface area contributed by atoms with E-state index in [0.717, 1.165) is 0 Å². The fourth-order valence-corrected chi connectivity index (χ4v) is 1.78. The highest BCUT2D eigenvalue weighted by Crippen LogP contribution is 2.13. The van der Waals surface area contributed by atoms with E-state index in [1.807, 2.05) is 0 Å². The number of carboxylic acid groups (broad SMARTS) is 1. The lowest BCUT2D eigenvalue weighted by Gasteiger charge is -2.16. The number of carbonyl (C=O) groups is 2.